The molecule has 0 radical (unpaired) electrons. The van der Waals surface area contributed by atoms with Crippen LogP contribution in [0.1, 0.15) is 45.7 Å². The molecule has 0 bridgehead atoms. The van der Waals surface area contributed by atoms with Gasteiger partial charge in [-0.15, -0.1) is 0 Å². The number of ether oxygens (including phenoxy) is 1. The molecule has 1 saturated carbocycles. The first-order valence-electron chi connectivity index (χ1n) is 7.57. The highest BCUT2D eigenvalue weighted by atomic mass is 16.5. The highest BCUT2D eigenvalue weighted by Gasteiger charge is 2.51. The second-order valence-electron chi connectivity index (χ2n) is 6.27. The average molecular weight is 288 g/mol. The predicted molar refractivity (Wildman–Crippen MR) is 82.0 cm³/mol. The Morgan fingerprint density at radius 1 is 1.43 bits per heavy atom. The van der Waals surface area contributed by atoms with Crippen molar-refractivity contribution in [3.63, 3.8) is 0 Å². The first-order chi connectivity index (χ1) is 10.0. The quantitative estimate of drug-likeness (QED) is 0.753. The summed E-state index contributed by atoms with van der Waals surface area (Å²) in [6, 6.07) is 2.37. The Morgan fingerprint density at radius 2 is 2.19 bits per heavy atom. The van der Waals surface area contributed by atoms with Crippen LogP contribution in [-0.4, -0.2) is 35.8 Å². The van der Waals surface area contributed by atoms with E-state index in [0.29, 0.717) is 17.8 Å². The van der Waals surface area contributed by atoms with E-state index in [9.17, 15) is 0 Å². The van der Waals surface area contributed by atoms with Gasteiger partial charge in [-0.25, -0.2) is 9.97 Å². The third kappa shape index (κ3) is 3.16. The van der Waals surface area contributed by atoms with Crippen molar-refractivity contribution in [1.29, 1.82) is 5.26 Å². The van der Waals surface area contributed by atoms with Gasteiger partial charge in [0.15, 0.2) is 5.69 Å². The van der Waals surface area contributed by atoms with Crippen LogP contribution in [0.5, 0.6) is 0 Å². The molecule has 1 aliphatic carbocycles. The summed E-state index contributed by atoms with van der Waals surface area (Å²) in [5, 5.41) is 8.77. The monoisotopic (exact) mass is 288 g/mol. The molecule has 1 aliphatic rings. The van der Waals surface area contributed by atoms with Crippen LogP contribution >= 0.6 is 0 Å². The van der Waals surface area contributed by atoms with Gasteiger partial charge in [0.2, 0.25) is 0 Å². The van der Waals surface area contributed by atoms with Gasteiger partial charge in [-0.05, 0) is 12.8 Å². The van der Waals surface area contributed by atoms with E-state index in [4.69, 9.17) is 10.00 Å². The second-order valence-corrected chi connectivity index (χ2v) is 6.27. The molecule has 21 heavy (non-hydrogen) atoms. The molecule has 2 atom stereocenters. The van der Waals surface area contributed by atoms with Gasteiger partial charge in [0.05, 0.1) is 18.5 Å². The molecular formula is C16H24N4O. The molecule has 2 unspecified atom stereocenters. The van der Waals surface area contributed by atoms with Gasteiger partial charge >= 0.3 is 0 Å². The number of anilines is 1. The summed E-state index contributed by atoms with van der Waals surface area (Å²) >= 11 is 0. The average Bonchev–Trinajstić information content (AvgIpc) is 2.49. The van der Waals surface area contributed by atoms with E-state index < -0.39 is 0 Å². The van der Waals surface area contributed by atoms with Gasteiger partial charge in [0.25, 0.3) is 0 Å². The lowest BCUT2D eigenvalue weighted by molar-refractivity contribution is -0.109. The lowest BCUT2D eigenvalue weighted by atomic mass is 9.64. The maximum absolute atomic E-state index is 8.77. The maximum atomic E-state index is 8.77. The van der Waals surface area contributed by atoms with Crippen LogP contribution in [0.4, 0.5) is 5.82 Å². The molecule has 1 aromatic rings. The number of rotatable bonds is 6. The van der Waals surface area contributed by atoms with Crippen LogP contribution in [0.2, 0.25) is 0 Å². The van der Waals surface area contributed by atoms with Gasteiger partial charge in [-0.3, -0.25) is 0 Å². The first-order valence-corrected chi connectivity index (χ1v) is 7.57. The number of hydrogen-bond acceptors (Lipinski definition) is 5. The van der Waals surface area contributed by atoms with Gasteiger partial charge in [0, 0.05) is 25.1 Å². The Labute approximate surface area is 127 Å². The molecule has 0 N–H and O–H groups in total. The molecule has 0 aromatic carbocycles. The zero-order valence-corrected chi connectivity index (χ0v) is 13.3. The Balaban J connectivity index is 1.97. The van der Waals surface area contributed by atoms with Crippen molar-refractivity contribution in [3.8, 4) is 6.07 Å². The molecule has 0 saturated heterocycles. The fourth-order valence-electron chi connectivity index (χ4n) is 2.90. The zero-order valence-electron chi connectivity index (χ0n) is 13.3. The molecule has 0 aliphatic heterocycles. The summed E-state index contributed by atoms with van der Waals surface area (Å²) in [5.74, 6) is 0.805. The highest BCUT2D eigenvalue weighted by Crippen LogP contribution is 2.46. The second kappa shape index (κ2) is 6.40. The molecule has 1 fully saturated rings. The zero-order chi connectivity index (χ0) is 15.5. The topological polar surface area (TPSA) is 62.0 Å². The Kier molecular flexibility index (Phi) is 4.79. The van der Waals surface area contributed by atoms with Crippen molar-refractivity contribution in [2.24, 2.45) is 5.41 Å². The summed E-state index contributed by atoms with van der Waals surface area (Å²) in [6.07, 6.45) is 6.79. The van der Waals surface area contributed by atoms with E-state index in [1.165, 1.54) is 6.20 Å². The number of nitriles is 1. The molecule has 5 heteroatoms. The summed E-state index contributed by atoms with van der Waals surface area (Å²) in [6.45, 7) is 7.50. The Morgan fingerprint density at radius 3 is 2.71 bits per heavy atom. The number of hydrogen-bond donors (Lipinski definition) is 0. The number of unbranched alkanes of at least 4 members (excludes halogenated alkanes) is 1. The van der Waals surface area contributed by atoms with Crippen molar-refractivity contribution in [3.05, 3.63) is 18.1 Å². The summed E-state index contributed by atoms with van der Waals surface area (Å²) in [4.78, 5) is 10.6. The maximum Gasteiger partial charge on any atom is 0.158 e. The van der Waals surface area contributed by atoms with Crippen LogP contribution in [0.25, 0.3) is 0 Å². The third-order valence-electron chi connectivity index (χ3n) is 4.52. The van der Waals surface area contributed by atoms with Crippen molar-refractivity contribution in [2.75, 3.05) is 18.6 Å². The lowest BCUT2D eigenvalue weighted by Gasteiger charge is -2.55. The molecular weight excluding hydrogens is 264 g/mol. The van der Waals surface area contributed by atoms with E-state index in [0.717, 1.165) is 31.7 Å². The normalized spacial score (nSPS) is 23.2. The first kappa shape index (κ1) is 15.7. The number of nitrogens with zero attached hydrogens (tertiary/aromatic N) is 4. The smallest absolute Gasteiger partial charge is 0.158 e. The Hall–Kier alpha value is -1.67. The molecule has 1 heterocycles. The third-order valence-corrected chi connectivity index (χ3v) is 4.52. The van der Waals surface area contributed by atoms with Crippen molar-refractivity contribution >= 4 is 5.82 Å². The van der Waals surface area contributed by atoms with Gasteiger partial charge < -0.3 is 9.64 Å². The SMILES string of the molecule is CCCCOC1CC(N(C)c2cnc(C#N)cn2)C1(C)C. The fourth-order valence-corrected chi connectivity index (χ4v) is 2.90. The summed E-state index contributed by atoms with van der Waals surface area (Å²) in [7, 11) is 2.03. The van der Waals surface area contributed by atoms with Gasteiger partial charge in [-0.2, -0.15) is 5.26 Å². The summed E-state index contributed by atoms with van der Waals surface area (Å²) < 4.78 is 5.98. The summed E-state index contributed by atoms with van der Waals surface area (Å²) in [5.41, 5.74) is 0.443. The minimum atomic E-state index is 0.0953. The largest absolute Gasteiger partial charge is 0.378 e. The van der Waals surface area contributed by atoms with Crippen molar-refractivity contribution < 1.29 is 4.74 Å². The minimum absolute atomic E-state index is 0.0953. The highest BCUT2D eigenvalue weighted by molar-refractivity contribution is 5.40. The Bertz CT molecular complexity index is 506. The molecule has 2 rings (SSSR count). The van der Waals surface area contributed by atoms with E-state index in [1.807, 2.05) is 13.1 Å². The van der Waals surface area contributed by atoms with Crippen molar-refractivity contribution in [1.82, 2.24) is 9.97 Å². The predicted octanol–water partition coefficient (Wildman–Crippen LogP) is 2.77. The molecule has 0 amide bonds. The molecule has 114 valence electrons. The van der Waals surface area contributed by atoms with Crippen LogP contribution in [0.3, 0.4) is 0 Å². The van der Waals surface area contributed by atoms with Crippen LogP contribution in [-0.2, 0) is 4.74 Å². The lowest BCUT2D eigenvalue weighted by Crippen LogP contribution is -2.61. The van der Waals surface area contributed by atoms with Crippen LogP contribution < -0.4 is 4.90 Å². The van der Waals surface area contributed by atoms with Gasteiger partial charge in [-0.1, -0.05) is 27.2 Å². The molecule has 1 aromatic heterocycles. The van der Waals surface area contributed by atoms with E-state index in [1.54, 1.807) is 6.20 Å². The fraction of sp³-hybridized carbons (Fsp3) is 0.688. The minimum Gasteiger partial charge on any atom is -0.378 e. The van der Waals surface area contributed by atoms with Crippen LogP contribution in [0.15, 0.2) is 12.4 Å². The standard InChI is InChI=1S/C16H24N4O/c1-5-6-7-21-14-8-13(16(14,2)3)20(4)15-11-18-12(9-17)10-19-15/h10-11,13-14H,5-8H2,1-4H3. The van der Waals surface area contributed by atoms with E-state index >= 15 is 0 Å². The number of aromatic nitrogens is 2. The van der Waals surface area contributed by atoms with Crippen LogP contribution in [0, 0.1) is 16.7 Å². The van der Waals surface area contributed by atoms with Crippen molar-refractivity contribution in [2.45, 2.75) is 52.2 Å². The van der Waals surface area contributed by atoms with E-state index in [2.05, 4.69) is 35.6 Å². The molecule has 0 spiro atoms. The van der Waals surface area contributed by atoms with Gasteiger partial charge in [0.1, 0.15) is 11.9 Å². The van der Waals surface area contributed by atoms with E-state index in [-0.39, 0.29) is 5.41 Å². The molecule has 5 nitrogen and oxygen atoms in total.